The fourth-order valence-electron chi connectivity index (χ4n) is 2.98. The molecule has 0 bridgehead atoms. The molecule has 0 unspecified atom stereocenters. The van der Waals surface area contributed by atoms with Crippen LogP contribution in [0.3, 0.4) is 0 Å². The van der Waals surface area contributed by atoms with E-state index >= 15 is 0 Å². The van der Waals surface area contributed by atoms with Crippen molar-refractivity contribution in [3.05, 3.63) is 58.8 Å². The van der Waals surface area contributed by atoms with E-state index < -0.39 is 0 Å². The number of amides is 1. The molecule has 0 aliphatic heterocycles. The summed E-state index contributed by atoms with van der Waals surface area (Å²) in [5.41, 5.74) is 4.73. The highest BCUT2D eigenvalue weighted by molar-refractivity contribution is 7.18. The fourth-order valence-corrected chi connectivity index (χ4v) is 3.85. The molecule has 0 spiro atoms. The molecule has 25 heavy (non-hydrogen) atoms. The number of hydrogen-bond donors (Lipinski definition) is 1. The van der Waals surface area contributed by atoms with Gasteiger partial charge < -0.3 is 9.73 Å². The summed E-state index contributed by atoms with van der Waals surface area (Å²) in [5.74, 6) is -0.0529. The highest BCUT2D eigenvalue weighted by Crippen LogP contribution is 2.26. The molecule has 0 atom stereocenters. The minimum atomic E-state index is -0.0529. The second-order valence-corrected chi connectivity index (χ2v) is 7.32. The number of nitrogens with one attached hydrogen (secondary N) is 1. The number of nitrogens with zero attached hydrogens (tertiary/aromatic N) is 1. The van der Waals surface area contributed by atoms with Crippen LogP contribution < -0.4 is 5.32 Å². The van der Waals surface area contributed by atoms with Gasteiger partial charge in [-0.2, -0.15) is 0 Å². The Bertz CT molecular complexity index is 1080. The van der Waals surface area contributed by atoms with Crippen LogP contribution in [0.2, 0.25) is 0 Å². The van der Waals surface area contributed by atoms with Crippen LogP contribution in [0, 0.1) is 6.92 Å². The first-order valence-electron chi connectivity index (χ1n) is 8.28. The summed E-state index contributed by atoms with van der Waals surface area (Å²) in [6.07, 6.45) is 2.93. The van der Waals surface area contributed by atoms with Crippen molar-refractivity contribution in [2.75, 3.05) is 5.32 Å². The van der Waals surface area contributed by atoms with E-state index in [1.54, 1.807) is 17.6 Å². The second-order valence-electron chi connectivity index (χ2n) is 6.09. The van der Waals surface area contributed by atoms with Crippen molar-refractivity contribution >= 4 is 44.1 Å². The third kappa shape index (κ3) is 3.15. The maximum absolute atomic E-state index is 12.4. The van der Waals surface area contributed by atoms with E-state index in [4.69, 9.17) is 4.42 Å². The molecule has 0 fully saturated rings. The molecule has 4 rings (SSSR count). The average molecular weight is 350 g/mol. The summed E-state index contributed by atoms with van der Waals surface area (Å²) in [6, 6.07) is 12.0. The molecule has 0 saturated carbocycles. The van der Waals surface area contributed by atoms with Gasteiger partial charge in [-0.3, -0.25) is 4.79 Å². The van der Waals surface area contributed by atoms with Gasteiger partial charge in [0.1, 0.15) is 5.58 Å². The normalized spacial score (nSPS) is 11.3. The zero-order valence-corrected chi connectivity index (χ0v) is 14.9. The fraction of sp³-hybridized carbons (Fsp3) is 0.200. The number of carbonyl (C=O) groups is 1. The predicted octanol–water partition coefficient (Wildman–Crippen LogP) is 5.09. The second kappa shape index (κ2) is 6.33. The molecular formula is C20H18N2O2S. The molecule has 5 heteroatoms. The monoisotopic (exact) mass is 350 g/mol. The Morgan fingerprint density at radius 2 is 2.12 bits per heavy atom. The van der Waals surface area contributed by atoms with Gasteiger partial charge in [0.25, 0.3) is 0 Å². The summed E-state index contributed by atoms with van der Waals surface area (Å²) >= 11 is 1.63. The van der Waals surface area contributed by atoms with E-state index in [2.05, 4.69) is 23.3 Å². The number of hydrogen-bond acceptors (Lipinski definition) is 4. The SMILES string of the molecule is CCc1ccc2c(CC(=O)Nc3ccc4nc(C)sc4c3)coc2c1. The van der Waals surface area contributed by atoms with E-state index in [1.807, 2.05) is 37.3 Å². The molecule has 0 aliphatic carbocycles. The quantitative estimate of drug-likeness (QED) is 0.557. The Labute approximate surface area is 149 Å². The Kier molecular flexibility index (Phi) is 4.01. The summed E-state index contributed by atoms with van der Waals surface area (Å²) in [4.78, 5) is 16.9. The molecule has 1 N–H and O–H groups in total. The number of aromatic nitrogens is 1. The van der Waals surface area contributed by atoms with Crippen molar-refractivity contribution < 1.29 is 9.21 Å². The van der Waals surface area contributed by atoms with Crippen molar-refractivity contribution in [3.8, 4) is 0 Å². The molecule has 0 aliphatic rings. The third-order valence-corrected chi connectivity index (χ3v) is 5.19. The van der Waals surface area contributed by atoms with Crippen molar-refractivity contribution in [2.45, 2.75) is 26.7 Å². The molecular weight excluding hydrogens is 332 g/mol. The Morgan fingerprint density at radius 3 is 2.96 bits per heavy atom. The number of aryl methyl sites for hydroxylation is 2. The minimum absolute atomic E-state index is 0.0529. The Balaban J connectivity index is 1.53. The molecule has 126 valence electrons. The standard InChI is InChI=1S/C20H18N2O2S/c1-3-13-4-6-16-14(11-24-18(16)8-13)9-20(23)22-15-5-7-17-19(10-15)25-12(2)21-17/h4-8,10-11H,3,9H2,1-2H3,(H,22,23). The van der Waals surface area contributed by atoms with Crippen LogP contribution in [0.4, 0.5) is 5.69 Å². The molecule has 2 aromatic carbocycles. The van der Waals surface area contributed by atoms with Crippen LogP contribution in [-0.4, -0.2) is 10.9 Å². The Hall–Kier alpha value is -2.66. The molecule has 0 radical (unpaired) electrons. The molecule has 2 heterocycles. The number of rotatable bonds is 4. The van der Waals surface area contributed by atoms with Crippen molar-refractivity contribution in [3.63, 3.8) is 0 Å². The Morgan fingerprint density at radius 1 is 1.24 bits per heavy atom. The number of furan rings is 1. The highest BCUT2D eigenvalue weighted by Gasteiger charge is 2.12. The van der Waals surface area contributed by atoms with Gasteiger partial charge in [-0.25, -0.2) is 4.98 Å². The molecule has 1 amide bonds. The van der Waals surface area contributed by atoms with Crippen LogP contribution in [0.1, 0.15) is 23.1 Å². The lowest BCUT2D eigenvalue weighted by atomic mass is 10.1. The van der Waals surface area contributed by atoms with Crippen molar-refractivity contribution in [1.29, 1.82) is 0 Å². The average Bonchev–Trinajstić information content (AvgIpc) is 3.16. The third-order valence-electron chi connectivity index (χ3n) is 4.26. The summed E-state index contributed by atoms with van der Waals surface area (Å²) in [5, 5.41) is 4.99. The van der Waals surface area contributed by atoms with Gasteiger partial charge in [-0.1, -0.05) is 19.1 Å². The molecule has 0 saturated heterocycles. The maximum atomic E-state index is 12.4. The van der Waals surface area contributed by atoms with Crippen LogP contribution in [-0.2, 0) is 17.6 Å². The van der Waals surface area contributed by atoms with E-state index in [-0.39, 0.29) is 12.3 Å². The van der Waals surface area contributed by atoms with Crippen LogP contribution in [0.15, 0.2) is 47.1 Å². The maximum Gasteiger partial charge on any atom is 0.228 e. The smallest absolute Gasteiger partial charge is 0.228 e. The van der Waals surface area contributed by atoms with Gasteiger partial charge in [0.2, 0.25) is 5.91 Å². The van der Waals surface area contributed by atoms with Gasteiger partial charge >= 0.3 is 0 Å². The first kappa shape index (κ1) is 15.8. The van der Waals surface area contributed by atoms with Gasteiger partial charge in [-0.15, -0.1) is 11.3 Å². The van der Waals surface area contributed by atoms with Gasteiger partial charge in [0.05, 0.1) is 27.9 Å². The molecule has 4 aromatic rings. The van der Waals surface area contributed by atoms with Crippen LogP contribution in [0.5, 0.6) is 0 Å². The van der Waals surface area contributed by atoms with Gasteiger partial charge in [-0.05, 0) is 43.2 Å². The lowest BCUT2D eigenvalue weighted by Crippen LogP contribution is -2.14. The van der Waals surface area contributed by atoms with E-state index in [0.717, 1.165) is 43.9 Å². The first-order chi connectivity index (χ1) is 12.1. The highest BCUT2D eigenvalue weighted by atomic mass is 32.1. The molecule has 4 nitrogen and oxygen atoms in total. The van der Waals surface area contributed by atoms with Gasteiger partial charge in [0, 0.05) is 16.6 Å². The summed E-state index contributed by atoms with van der Waals surface area (Å²) in [7, 11) is 0. The van der Waals surface area contributed by atoms with E-state index in [9.17, 15) is 4.79 Å². The zero-order valence-electron chi connectivity index (χ0n) is 14.1. The summed E-state index contributed by atoms with van der Waals surface area (Å²) in [6.45, 7) is 4.09. The number of thiazole rings is 1. The predicted molar refractivity (Wildman–Crippen MR) is 102 cm³/mol. The van der Waals surface area contributed by atoms with Crippen LogP contribution >= 0.6 is 11.3 Å². The summed E-state index contributed by atoms with van der Waals surface area (Å²) < 4.78 is 6.70. The minimum Gasteiger partial charge on any atom is -0.464 e. The van der Waals surface area contributed by atoms with Gasteiger partial charge in [0.15, 0.2) is 0 Å². The number of benzene rings is 2. The van der Waals surface area contributed by atoms with E-state index in [1.165, 1.54) is 5.56 Å². The topological polar surface area (TPSA) is 55.1 Å². The lowest BCUT2D eigenvalue weighted by Gasteiger charge is -2.04. The first-order valence-corrected chi connectivity index (χ1v) is 9.10. The number of carbonyl (C=O) groups excluding carboxylic acids is 1. The van der Waals surface area contributed by atoms with Crippen LogP contribution in [0.25, 0.3) is 21.2 Å². The van der Waals surface area contributed by atoms with Crippen molar-refractivity contribution in [1.82, 2.24) is 4.98 Å². The number of anilines is 1. The van der Waals surface area contributed by atoms with E-state index in [0.29, 0.717) is 0 Å². The zero-order chi connectivity index (χ0) is 17.4. The largest absolute Gasteiger partial charge is 0.464 e. The lowest BCUT2D eigenvalue weighted by molar-refractivity contribution is -0.115. The molecule has 2 aromatic heterocycles. The number of fused-ring (bicyclic) bond motifs is 2. The van der Waals surface area contributed by atoms with Crippen molar-refractivity contribution in [2.24, 2.45) is 0 Å².